The molecule has 2 heterocycles. The van der Waals surface area contributed by atoms with Gasteiger partial charge in [-0.15, -0.1) is 0 Å². The molecule has 0 amide bonds. The molecular weight excluding hydrogens is 251 g/mol. The van der Waals surface area contributed by atoms with Crippen molar-refractivity contribution in [1.29, 1.82) is 0 Å². The highest BCUT2D eigenvalue weighted by molar-refractivity contribution is 7.80. The molecule has 0 aliphatic carbocycles. The molecule has 3 atom stereocenters. The van der Waals surface area contributed by atoms with Crippen LogP contribution in [0, 0.1) is 5.82 Å². The molecule has 0 spiro atoms. The average Bonchev–Trinajstić information content (AvgIpc) is 2.65. The zero-order chi connectivity index (χ0) is 12.6. The second-order valence-electron chi connectivity index (χ2n) is 3.76. The van der Waals surface area contributed by atoms with E-state index in [-0.39, 0.29) is 12.2 Å². The number of aliphatic hydroxyl groups excluding tert-OH is 1. The van der Waals surface area contributed by atoms with Crippen LogP contribution in [0.25, 0.3) is 0 Å². The van der Waals surface area contributed by atoms with Crippen molar-refractivity contribution in [3.05, 3.63) is 32.9 Å². The summed E-state index contributed by atoms with van der Waals surface area (Å²) in [5.41, 5.74) is -1.84. The van der Waals surface area contributed by atoms with Crippen LogP contribution in [0.1, 0.15) is 12.6 Å². The van der Waals surface area contributed by atoms with Crippen LogP contribution in [-0.2, 0) is 4.74 Å². The Hall–Kier alpha value is -1.12. The van der Waals surface area contributed by atoms with Gasteiger partial charge in [0.1, 0.15) is 6.23 Å². The predicted octanol–water partition coefficient (Wildman–Crippen LogP) is -0.746. The highest BCUT2D eigenvalue weighted by Gasteiger charge is 2.34. The highest BCUT2D eigenvalue weighted by Crippen LogP contribution is 2.27. The summed E-state index contributed by atoms with van der Waals surface area (Å²) in [6.07, 6.45) is -1.14. The molecule has 6 nitrogen and oxygen atoms in total. The summed E-state index contributed by atoms with van der Waals surface area (Å²) in [5, 5.41) is 9.58. The fourth-order valence-corrected chi connectivity index (χ4v) is 2.05. The third-order valence-electron chi connectivity index (χ3n) is 2.62. The van der Waals surface area contributed by atoms with Gasteiger partial charge in [0, 0.05) is 12.2 Å². The second kappa shape index (κ2) is 4.63. The van der Waals surface area contributed by atoms with Crippen molar-refractivity contribution in [1.82, 2.24) is 9.55 Å². The van der Waals surface area contributed by atoms with Gasteiger partial charge in [0.2, 0.25) is 5.82 Å². The van der Waals surface area contributed by atoms with E-state index in [1.807, 2.05) is 4.98 Å². The number of H-pyrrole nitrogens is 1. The van der Waals surface area contributed by atoms with Crippen LogP contribution >= 0.6 is 12.6 Å². The smallest absolute Gasteiger partial charge is 0.330 e. The molecule has 1 saturated heterocycles. The summed E-state index contributed by atoms with van der Waals surface area (Å²) in [5.74, 6) is -0.782. The molecule has 8 heteroatoms. The summed E-state index contributed by atoms with van der Waals surface area (Å²) in [6.45, 7) is 0. The van der Waals surface area contributed by atoms with E-state index in [4.69, 9.17) is 4.74 Å². The molecule has 1 aliphatic heterocycles. The average molecular weight is 262 g/mol. The Balaban J connectivity index is 2.34. The van der Waals surface area contributed by atoms with Crippen LogP contribution in [0.5, 0.6) is 0 Å². The third-order valence-corrected chi connectivity index (χ3v) is 2.98. The molecule has 1 aliphatic rings. The Bertz CT molecular complexity index is 528. The lowest BCUT2D eigenvalue weighted by atomic mass is 10.2. The number of aliphatic hydroxyl groups is 1. The Morgan fingerprint density at radius 1 is 1.65 bits per heavy atom. The van der Waals surface area contributed by atoms with E-state index in [0.29, 0.717) is 0 Å². The van der Waals surface area contributed by atoms with Gasteiger partial charge >= 0.3 is 5.69 Å². The fraction of sp³-hybridized carbons (Fsp3) is 0.556. The number of aromatic amines is 1. The molecule has 0 bridgehead atoms. The van der Waals surface area contributed by atoms with Gasteiger partial charge in [-0.25, -0.2) is 4.79 Å². The largest absolute Gasteiger partial charge is 0.390 e. The van der Waals surface area contributed by atoms with E-state index < -0.39 is 35.5 Å². The van der Waals surface area contributed by atoms with Crippen molar-refractivity contribution in [3.63, 3.8) is 0 Å². The van der Waals surface area contributed by atoms with E-state index in [1.165, 1.54) is 0 Å². The van der Waals surface area contributed by atoms with Gasteiger partial charge in [0.05, 0.1) is 18.4 Å². The molecule has 0 saturated carbocycles. The van der Waals surface area contributed by atoms with E-state index in [2.05, 4.69) is 12.6 Å². The van der Waals surface area contributed by atoms with Gasteiger partial charge in [-0.1, -0.05) is 0 Å². The van der Waals surface area contributed by atoms with Crippen molar-refractivity contribution < 1.29 is 14.2 Å². The van der Waals surface area contributed by atoms with Crippen LogP contribution in [0.4, 0.5) is 4.39 Å². The normalized spacial score (nSPS) is 28.5. The Morgan fingerprint density at radius 3 is 2.94 bits per heavy atom. The molecular formula is C9H11FN2O4S. The van der Waals surface area contributed by atoms with Gasteiger partial charge in [-0.2, -0.15) is 17.0 Å². The van der Waals surface area contributed by atoms with Crippen LogP contribution < -0.4 is 11.2 Å². The summed E-state index contributed by atoms with van der Waals surface area (Å²) in [6, 6.07) is 0. The number of halogens is 1. The number of hydrogen-bond donors (Lipinski definition) is 3. The van der Waals surface area contributed by atoms with Crippen molar-refractivity contribution in [2.45, 2.75) is 24.9 Å². The summed E-state index contributed by atoms with van der Waals surface area (Å²) in [7, 11) is 0. The molecule has 1 aromatic rings. The zero-order valence-electron chi connectivity index (χ0n) is 8.67. The first kappa shape index (κ1) is 12.3. The van der Waals surface area contributed by atoms with Crippen molar-refractivity contribution in [3.8, 4) is 0 Å². The summed E-state index contributed by atoms with van der Waals surface area (Å²) < 4.78 is 19.3. The quantitative estimate of drug-likeness (QED) is 0.613. The van der Waals surface area contributed by atoms with Crippen molar-refractivity contribution in [2.24, 2.45) is 0 Å². The van der Waals surface area contributed by atoms with Gasteiger partial charge < -0.3 is 9.84 Å². The minimum atomic E-state index is -1.07. The van der Waals surface area contributed by atoms with Crippen molar-refractivity contribution >= 4 is 12.6 Å². The Morgan fingerprint density at radius 2 is 2.35 bits per heavy atom. The predicted molar refractivity (Wildman–Crippen MR) is 59.7 cm³/mol. The molecule has 1 aromatic heterocycles. The lowest BCUT2D eigenvalue weighted by Gasteiger charge is -2.14. The van der Waals surface area contributed by atoms with Gasteiger partial charge in [-0.05, 0) is 0 Å². The van der Waals surface area contributed by atoms with Crippen LogP contribution in [-0.4, -0.2) is 32.6 Å². The monoisotopic (exact) mass is 262 g/mol. The van der Waals surface area contributed by atoms with Gasteiger partial charge in [-0.3, -0.25) is 14.3 Å². The third kappa shape index (κ3) is 2.28. The van der Waals surface area contributed by atoms with E-state index in [1.54, 1.807) is 0 Å². The molecule has 1 fully saturated rings. The van der Waals surface area contributed by atoms with Crippen LogP contribution in [0.3, 0.4) is 0 Å². The molecule has 2 N–H and O–H groups in total. The lowest BCUT2D eigenvalue weighted by Crippen LogP contribution is -2.33. The zero-order valence-corrected chi connectivity index (χ0v) is 9.56. The summed E-state index contributed by atoms with van der Waals surface area (Å²) in [4.78, 5) is 24.1. The van der Waals surface area contributed by atoms with Gasteiger partial charge in [0.25, 0.3) is 5.56 Å². The first-order valence-electron chi connectivity index (χ1n) is 4.98. The molecule has 3 unspecified atom stereocenters. The maximum atomic E-state index is 13.1. The molecule has 17 heavy (non-hydrogen) atoms. The van der Waals surface area contributed by atoms with Crippen LogP contribution in [0.2, 0.25) is 0 Å². The van der Waals surface area contributed by atoms with Gasteiger partial charge in [0.15, 0.2) is 0 Å². The number of nitrogens with zero attached hydrogens (tertiary/aromatic N) is 1. The number of nitrogens with one attached hydrogen (secondary N) is 1. The van der Waals surface area contributed by atoms with E-state index >= 15 is 0 Å². The summed E-state index contributed by atoms with van der Waals surface area (Å²) >= 11 is 3.99. The number of hydrogen-bond acceptors (Lipinski definition) is 5. The molecule has 94 valence electrons. The minimum absolute atomic E-state index is 0.149. The Kier molecular flexibility index (Phi) is 3.36. The number of aromatic nitrogens is 2. The highest BCUT2D eigenvalue weighted by atomic mass is 32.1. The van der Waals surface area contributed by atoms with Crippen molar-refractivity contribution in [2.75, 3.05) is 5.75 Å². The standard InChI is InChI=1S/C9H11FN2O4S/c10-4-2-12(9(15)11-8(4)14)7-1-5(13)6(3-17)16-7/h2,5-7,13,17H,1,3H2,(H,11,14,15). The number of rotatable bonds is 2. The SMILES string of the molecule is O=c1[nH]c(=O)n(C2CC(O)C(CS)O2)cc1F. The van der Waals surface area contributed by atoms with E-state index in [0.717, 1.165) is 10.8 Å². The fourth-order valence-electron chi connectivity index (χ4n) is 1.72. The van der Waals surface area contributed by atoms with Crippen LogP contribution in [0.15, 0.2) is 15.8 Å². The lowest BCUT2D eigenvalue weighted by molar-refractivity contribution is -0.00784. The maximum Gasteiger partial charge on any atom is 0.330 e. The Labute approximate surface area is 100 Å². The molecule has 0 aromatic carbocycles. The second-order valence-corrected chi connectivity index (χ2v) is 4.12. The topological polar surface area (TPSA) is 84.3 Å². The van der Waals surface area contributed by atoms with E-state index in [9.17, 15) is 19.1 Å². The maximum absolute atomic E-state index is 13.1. The first-order chi connectivity index (χ1) is 8.02. The molecule has 2 rings (SSSR count). The molecule has 0 radical (unpaired) electrons. The number of thiol groups is 1. The minimum Gasteiger partial charge on any atom is -0.390 e. The number of ether oxygens (including phenoxy) is 1. The first-order valence-corrected chi connectivity index (χ1v) is 5.61.